The zero-order valence-corrected chi connectivity index (χ0v) is 13.2. The van der Waals surface area contributed by atoms with Crippen molar-refractivity contribution in [2.45, 2.75) is 11.1 Å². The summed E-state index contributed by atoms with van der Waals surface area (Å²) in [6, 6.07) is 6.38. The van der Waals surface area contributed by atoms with Crippen molar-refractivity contribution in [3.05, 3.63) is 58.6 Å². The molecule has 0 amide bonds. The molecule has 2 aromatic rings. The highest BCUT2D eigenvalue weighted by Crippen LogP contribution is 2.31. The zero-order chi connectivity index (χ0) is 18.1. The maximum atomic E-state index is 12.6. The Hall–Kier alpha value is -2.26. The number of alkyl halides is 3. The Kier molecular flexibility index (Phi) is 4.77. The predicted molar refractivity (Wildman–Crippen MR) is 78.0 cm³/mol. The van der Waals surface area contributed by atoms with E-state index in [1.807, 2.05) is 4.72 Å². The van der Waals surface area contributed by atoms with Gasteiger partial charge in [-0.05, 0) is 36.4 Å². The molecule has 2 rings (SSSR count). The van der Waals surface area contributed by atoms with Gasteiger partial charge in [-0.2, -0.15) is 13.2 Å². The van der Waals surface area contributed by atoms with Crippen LogP contribution in [0, 0.1) is 0 Å². The average molecular weight is 379 g/mol. The molecule has 10 heteroatoms. The molecule has 0 radical (unpaired) electrons. The Bertz CT molecular complexity index is 897. The van der Waals surface area contributed by atoms with E-state index >= 15 is 0 Å². The van der Waals surface area contributed by atoms with E-state index < -0.39 is 38.2 Å². The quantitative estimate of drug-likeness (QED) is 0.885. The van der Waals surface area contributed by atoms with E-state index in [1.54, 1.807) is 0 Å². The van der Waals surface area contributed by atoms with Crippen LogP contribution in [0.1, 0.15) is 15.9 Å². The van der Waals surface area contributed by atoms with Crippen molar-refractivity contribution >= 4 is 33.3 Å². The summed E-state index contributed by atoms with van der Waals surface area (Å²) in [5.74, 6) is -1.68. The van der Waals surface area contributed by atoms with Gasteiger partial charge in [0.1, 0.15) is 0 Å². The highest BCUT2D eigenvalue weighted by Gasteiger charge is 2.30. The molecule has 0 aliphatic heterocycles. The maximum absolute atomic E-state index is 12.6. The lowest BCUT2D eigenvalue weighted by atomic mass is 10.2. The smallest absolute Gasteiger partial charge is 0.416 e. The number of anilines is 1. The number of halogens is 4. The number of carboxylic acids is 1. The van der Waals surface area contributed by atoms with Crippen molar-refractivity contribution in [3.63, 3.8) is 0 Å². The fraction of sp³-hybridized carbons (Fsp3) is 0.0714. The summed E-state index contributed by atoms with van der Waals surface area (Å²) < 4.78 is 64.3. The minimum atomic E-state index is -4.64. The van der Waals surface area contributed by atoms with Crippen LogP contribution in [0.4, 0.5) is 18.9 Å². The van der Waals surface area contributed by atoms with Crippen molar-refractivity contribution in [2.24, 2.45) is 0 Å². The molecule has 0 aromatic heterocycles. The molecule has 0 unspecified atom stereocenters. The van der Waals surface area contributed by atoms with E-state index in [0.717, 1.165) is 36.4 Å². The molecule has 0 saturated carbocycles. The predicted octanol–water partition coefficient (Wildman–Crippen LogP) is 2.52. The van der Waals surface area contributed by atoms with E-state index in [4.69, 9.17) is 11.6 Å². The van der Waals surface area contributed by atoms with E-state index in [-0.39, 0.29) is 10.7 Å². The number of benzene rings is 2. The van der Waals surface area contributed by atoms with Crippen molar-refractivity contribution < 1.29 is 31.5 Å². The Morgan fingerprint density at radius 3 is 2.38 bits per heavy atom. The van der Waals surface area contributed by atoms with Crippen LogP contribution in [0.15, 0.2) is 47.4 Å². The van der Waals surface area contributed by atoms with Crippen LogP contribution in [0.5, 0.6) is 0 Å². The van der Waals surface area contributed by atoms with Gasteiger partial charge in [0.2, 0.25) is 0 Å². The number of aromatic carboxylic acids is 1. The summed E-state index contributed by atoms with van der Waals surface area (Å²) in [5, 5.41) is 10.6. The van der Waals surface area contributed by atoms with Gasteiger partial charge in [0, 0.05) is 16.3 Å². The van der Waals surface area contributed by atoms with Crippen LogP contribution in [-0.2, 0) is 16.2 Å². The Morgan fingerprint density at radius 1 is 1.12 bits per heavy atom. The molecule has 0 bridgehead atoms. The fourth-order valence-corrected chi connectivity index (χ4v) is 3.07. The third kappa shape index (κ3) is 3.98. The van der Waals surface area contributed by atoms with Crippen LogP contribution in [0.25, 0.3) is 0 Å². The SMILES string of the molecule is O=C([O-])c1cc(S(=O)(=O)Nc2cccc(C(F)(F)F)c2)ccc1Cl. The molecule has 0 spiro atoms. The number of nitrogens with one attached hydrogen (secondary N) is 1. The lowest BCUT2D eigenvalue weighted by Gasteiger charge is -2.13. The molecule has 0 atom stereocenters. The van der Waals surface area contributed by atoms with Gasteiger partial charge in [-0.1, -0.05) is 17.7 Å². The monoisotopic (exact) mass is 378 g/mol. The van der Waals surface area contributed by atoms with Gasteiger partial charge in [-0.25, -0.2) is 8.42 Å². The Morgan fingerprint density at radius 2 is 1.79 bits per heavy atom. The van der Waals surface area contributed by atoms with Crippen LogP contribution in [0.3, 0.4) is 0 Å². The number of carbonyl (C=O) groups is 1. The number of carbonyl (C=O) groups excluding carboxylic acids is 1. The lowest BCUT2D eigenvalue weighted by molar-refractivity contribution is -0.255. The van der Waals surface area contributed by atoms with Gasteiger partial charge >= 0.3 is 6.18 Å². The standard InChI is InChI=1S/C14H9ClF3NO4S/c15-12-5-4-10(7-11(12)13(20)21)24(22,23)19-9-3-1-2-8(6-9)14(16,17)18/h1-7,19H,(H,20,21)/p-1. The van der Waals surface area contributed by atoms with Crippen LogP contribution >= 0.6 is 11.6 Å². The van der Waals surface area contributed by atoms with Crippen molar-refractivity contribution in [1.82, 2.24) is 0 Å². The second kappa shape index (κ2) is 6.33. The molecule has 0 saturated heterocycles. The number of carboxylic acid groups (broad SMARTS) is 1. The molecule has 0 aliphatic carbocycles. The molecule has 2 aromatic carbocycles. The molecule has 0 heterocycles. The maximum Gasteiger partial charge on any atom is 0.416 e. The van der Waals surface area contributed by atoms with Crippen LogP contribution in [0.2, 0.25) is 5.02 Å². The third-order valence-corrected chi connectivity index (χ3v) is 4.62. The van der Waals surface area contributed by atoms with Gasteiger partial charge < -0.3 is 9.90 Å². The second-order valence-corrected chi connectivity index (χ2v) is 6.70. The first-order valence-electron chi connectivity index (χ1n) is 6.22. The summed E-state index contributed by atoms with van der Waals surface area (Å²) in [6.45, 7) is 0. The lowest BCUT2D eigenvalue weighted by Crippen LogP contribution is -2.23. The Balaban J connectivity index is 2.39. The fourth-order valence-electron chi connectivity index (χ4n) is 1.80. The minimum Gasteiger partial charge on any atom is -0.545 e. The molecular weight excluding hydrogens is 371 g/mol. The highest BCUT2D eigenvalue weighted by atomic mass is 35.5. The molecule has 1 N–H and O–H groups in total. The van der Waals surface area contributed by atoms with Gasteiger partial charge in [-0.3, -0.25) is 4.72 Å². The molecule has 0 fully saturated rings. The molecule has 5 nitrogen and oxygen atoms in total. The van der Waals surface area contributed by atoms with Crippen molar-refractivity contribution in [2.75, 3.05) is 4.72 Å². The highest BCUT2D eigenvalue weighted by molar-refractivity contribution is 7.92. The first kappa shape index (κ1) is 18.1. The first-order valence-corrected chi connectivity index (χ1v) is 8.08. The number of hydrogen-bond acceptors (Lipinski definition) is 4. The van der Waals surface area contributed by atoms with Crippen LogP contribution in [-0.4, -0.2) is 14.4 Å². The first-order chi connectivity index (χ1) is 11.0. The van der Waals surface area contributed by atoms with Gasteiger partial charge in [-0.15, -0.1) is 0 Å². The number of sulfonamides is 1. The third-order valence-electron chi connectivity index (χ3n) is 2.91. The van der Waals surface area contributed by atoms with E-state index in [0.29, 0.717) is 6.07 Å². The van der Waals surface area contributed by atoms with Gasteiger partial charge in [0.25, 0.3) is 10.0 Å². The summed E-state index contributed by atoms with van der Waals surface area (Å²) in [5.41, 5.74) is -1.91. The number of hydrogen-bond donors (Lipinski definition) is 1. The van der Waals surface area contributed by atoms with Crippen molar-refractivity contribution in [1.29, 1.82) is 0 Å². The van der Waals surface area contributed by atoms with E-state index in [9.17, 15) is 31.5 Å². The van der Waals surface area contributed by atoms with Gasteiger partial charge in [0.15, 0.2) is 0 Å². The average Bonchev–Trinajstić information content (AvgIpc) is 2.46. The summed E-state index contributed by atoms with van der Waals surface area (Å²) in [6.07, 6.45) is -4.64. The summed E-state index contributed by atoms with van der Waals surface area (Å²) in [4.78, 5) is 10.4. The zero-order valence-electron chi connectivity index (χ0n) is 11.6. The molecule has 128 valence electrons. The summed E-state index contributed by atoms with van der Waals surface area (Å²) >= 11 is 5.61. The van der Waals surface area contributed by atoms with Crippen LogP contribution < -0.4 is 9.83 Å². The van der Waals surface area contributed by atoms with Crippen molar-refractivity contribution in [3.8, 4) is 0 Å². The van der Waals surface area contributed by atoms with E-state index in [1.165, 1.54) is 0 Å². The minimum absolute atomic E-state index is 0.229. The van der Waals surface area contributed by atoms with Gasteiger partial charge in [0.05, 0.1) is 16.4 Å². The normalized spacial score (nSPS) is 12.0. The Labute approximate surface area is 139 Å². The second-order valence-electron chi connectivity index (χ2n) is 4.61. The molecular formula is C14H8ClF3NO4S-. The number of rotatable bonds is 4. The summed E-state index contributed by atoms with van der Waals surface area (Å²) in [7, 11) is -4.32. The molecule has 0 aliphatic rings. The molecule has 24 heavy (non-hydrogen) atoms. The largest absolute Gasteiger partial charge is 0.545 e. The van der Waals surface area contributed by atoms with E-state index in [2.05, 4.69) is 0 Å². The topological polar surface area (TPSA) is 86.3 Å².